The quantitative estimate of drug-likeness (QED) is 0.873. The van der Waals surface area contributed by atoms with Gasteiger partial charge >= 0.3 is 6.18 Å². The molecule has 1 heterocycles. The molecule has 0 unspecified atom stereocenters. The van der Waals surface area contributed by atoms with E-state index in [1.165, 1.54) is 12.3 Å². The van der Waals surface area contributed by atoms with E-state index >= 15 is 0 Å². The Morgan fingerprint density at radius 1 is 1.41 bits per heavy atom. The van der Waals surface area contributed by atoms with Crippen LogP contribution in [0.2, 0.25) is 0 Å². The molecule has 0 aromatic carbocycles. The zero-order chi connectivity index (χ0) is 12.5. The van der Waals surface area contributed by atoms with Gasteiger partial charge in [0.25, 0.3) is 0 Å². The first kappa shape index (κ1) is 12.2. The highest BCUT2D eigenvalue weighted by atomic mass is 19.4. The van der Waals surface area contributed by atoms with E-state index in [1.807, 2.05) is 0 Å². The van der Waals surface area contributed by atoms with E-state index in [-0.39, 0.29) is 11.2 Å². The fraction of sp³-hybridized carbons (Fsp3) is 0.583. The number of nitrogens with one attached hydrogen (secondary N) is 1. The molecule has 2 rings (SSSR count). The van der Waals surface area contributed by atoms with Crippen LogP contribution >= 0.6 is 0 Å². The highest BCUT2D eigenvalue weighted by Crippen LogP contribution is 2.48. The standard InChI is InChI=1S/C12H15F3N2/c1-2-11(5-6-11)8-17-10-9(12(13,14)15)4-3-7-16-10/h3-4,7H,2,5-6,8H2,1H3,(H,16,17). The Kier molecular flexibility index (Phi) is 3.02. The largest absolute Gasteiger partial charge is 0.419 e. The molecule has 0 radical (unpaired) electrons. The maximum atomic E-state index is 12.7. The van der Waals surface area contributed by atoms with Gasteiger partial charge in [-0.05, 0) is 36.8 Å². The molecule has 1 N–H and O–H groups in total. The number of anilines is 1. The van der Waals surface area contributed by atoms with Crippen LogP contribution in [0, 0.1) is 5.41 Å². The Hall–Kier alpha value is -1.26. The Morgan fingerprint density at radius 3 is 2.65 bits per heavy atom. The van der Waals surface area contributed by atoms with E-state index in [0.717, 1.165) is 25.3 Å². The predicted molar refractivity (Wildman–Crippen MR) is 59.7 cm³/mol. The number of aromatic nitrogens is 1. The topological polar surface area (TPSA) is 24.9 Å². The van der Waals surface area contributed by atoms with Crippen molar-refractivity contribution < 1.29 is 13.2 Å². The fourth-order valence-corrected chi connectivity index (χ4v) is 1.88. The number of hydrogen-bond acceptors (Lipinski definition) is 2. The van der Waals surface area contributed by atoms with Crippen molar-refractivity contribution in [2.24, 2.45) is 5.41 Å². The summed E-state index contributed by atoms with van der Waals surface area (Å²) in [6, 6.07) is 2.36. The van der Waals surface area contributed by atoms with Gasteiger partial charge in [-0.1, -0.05) is 6.92 Å². The van der Waals surface area contributed by atoms with Gasteiger partial charge in [-0.2, -0.15) is 13.2 Å². The molecule has 94 valence electrons. The molecule has 0 saturated heterocycles. The van der Waals surface area contributed by atoms with Gasteiger partial charge < -0.3 is 5.32 Å². The van der Waals surface area contributed by atoms with Crippen molar-refractivity contribution in [2.45, 2.75) is 32.4 Å². The van der Waals surface area contributed by atoms with E-state index in [2.05, 4.69) is 17.2 Å². The summed E-state index contributed by atoms with van der Waals surface area (Å²) in [5, 5.41) is 2.84. The lowest BCUT2D eigenvalue weighted by molar-refractivity contribution is -0.137. The molecule has 1 aromatic rings. The maximum absolute atomic E-state index is 12.7. The molecule has 1 aliphatic carbocycles. The van der Waals surface area contributed by atoms with Gasteiger partial charge in [0, 0.05) is 12.7 Å². The highest BCUT2D eigenvalue weighted by Gasteiger charge is 2.41. The van der Waals surface area contributed by atoms with Crippen LogP contribution in [0.15, 0.2) is 18.3 Å². The van der Waals surface area contributed by atoms with Gasteiger partial charge in [0.2, 0.25) is 0 Å². The Morgan fingerprint density at radius 2 is 2.12 bits per heavy atom. The molecule has 0 aliphatic heterocycles. The van der Waals surface area contributed by atoms with Crippen LogP contribution in [0.3, 0.4) is 0 Å². The number of hydrogen-bond donors (Lipinski definition) is 1. The molecule has 0 atom stereocenters. The first-order chi connectivity index (χ1) is 7.97. The summed E-state index contributed by atoms with van der Waals surface area (Å²) in [7, 11) is 0. The van der Waals surface area contributed by atoms with E-state index < -0.39 is 11.7 Å². The van der Waals surface area contributed by atoms with Crippen molar-refractivity contribution in [3.8, 4) is 0 Å². The van der Waals surface area contributed by atoms with Gasteiger partial charge in [0.1, 0.15) is 5.82 Å². The molecular weight excluding hydrogens is 229 g/mol. The minimum Gasteiger partial charge on any atom is -0.369 e. The number of pyridine rings is 1. The summed E-state index contributed by atoms with van der Waals surface area (Å²) in [4.78, 5) is 3.78. The van der Waals surface area contributed by atoms with Crippen LogP contribution in [0.25, 0.3) is 0 Å². The second-order valence-corrected chi connectivity index (χ2v) is 4.60. The predicted octanol–water partition coefficient (Wildman–Crippen LogP) is 3.70. The minimum absolute atomic E-state index is 0.0558. The number of halogens is 3. The summed E-state index contributed by atoms with van der Waals surface area (Å²) in [5.74, 6) is -0.0558. The lowest BCUT2D eigenvalue weighted by Gasteiger charge is -2.17. The van der Waals surface area contributed by atoms with Crippen molar-refractivity contribution in [3.63, 3.8) is 0 Å². The lowest BCUT2D eigenvalue weighted by Crippen LogP contribution is -2.18. The molecular formula is C12H15F3N2. The van der Waals surface area contributed by atoms with Crippen LogP contribution in [0.4, 0.5) is 19.0 Å². The second kappa shape index (κ2) is 4.20. The smallest absolute Gasteiger partial charge is 0.369 e. The minimum atomic E-state index is -4.35. The third-order valence-corrected chi connectivity index (χ3v) is 3.45. The van der Waals surface area contributed by atoms with Crippen molar-refractivity contribution in [2.75, 3.05) is 11.9 Å². The highest BCUT2D eigenvalue weighted by molar-refractivity contribution is 5.45. The fourth-order valence-electron chi connectivity index (χ4n) is 1.88. The molecule has 1 aromatic heterocycles. The number of rotatable bonds is 4. The average molecular weight is 244 g/mol. The monoisotopic (exact) mass is 244 g/mol. The first-order valence-electron chi connectivity index (χ1n) is 5.73. The Labute approximate surface area is 98.2 Å². The van der Waals surface area contributed by atoms with Crippen molar-refractivity contribution in [3.05, 3.63) is 23.9 Å². The van der Waals surface area contributed by atoms with Crippen LogP contribution < -0.4 is 5.32 Å². The normalized spacial score (nSPS) is 17.9. The molecule has 2 nitrogen and oxygen atoms in total. The van der Waals surface area contributed by atoms with Crippen LogP contribution in [-0.4, -0.2) is 11.5 Å². The average Bonchev–Trinajstić information content (AvgIpc) is 3.06. The van der Waals surface area contributed by atoms with Crippen molar-refractivity contribution in [1.82, 2.24) is 4.98 Å². The van der Waals surface area contributed by atoms with Crippen molar-refractivity contribution in [1.29, 1.82) is 0 Å². The molecule has 17 heavy (non-hydrogen) atoms. The zero-order valence-corrected chi connectivity index (χ0v) is 9.64. The van der Waals surface area contributed by atoms with E-state index in [9.17, 15) is 13.2 Å². The van der Waals surface area contributed by atoms with Gasteiger partial charge in [-0.3, -0.25) is 0 Å². The van der Waals surface area contributed by atoms with Crippen LogP contribution in [0.5, 0.6) is 0 Å². The lowest BCUT2D eigenvalue weighted by atomic mass is 10.0. The zero-order valence-electron chi connectivity index (χ0n) is 9.64. The summed E-state index contributed by atoms with van der Waals surface area (Å²) >= 11 is 0. The maximum Gasteiger partial charge on any atom is 0.419 e. The third kappa shape index (κ3) is 2.70. The van der Waals surface area contributed by atoms with Gasteiger partial charge in [-0.15, -0.1) is 0 Å². The molecule has 1 fully saturated rings. The number of nitrogens with zero attached hydrogens (tertiary/aromatic N) is 1. The van der Waals surface area contributed by atoms with Crippen LogP contribution in [0.1, 0.15) is 31.7 Å². The molecule has 0 spiro atoms. The molecule has 0 amide bonds. The summed E-state index contributed by atoms with van der Waals surface area (Å²) in [6.45, 7) is 2.64. The van der Waals surface area contributed by atoms with E-state index in [1.54, 1.807) is 0 Å². The van der Waals surface area contributed by atoms with Crippen molar-refractivity contribution >= 4 is 5.82 Å². The molecule has 5 heteroatoms. The van der Waals surface area contributed by atoms with Gasteiger partial charge in [0.05, 0.1) is 5.56 Å². The van der Waals surface area contributed by atoms with Gasteiger partial charge in [0.15, 0.2) is 0 Å². The van der Waals surface area contributed by atoms with E-state index in [0.29, 0.717) is 6.54 Å². The van der Waals surface area contributed by atoms with Crippen LogP contribution in [-0.2, 0) is 6.18 Å². The SMILES string of the molecule is CCC1(CNc2ncccc2C(F)(F)F)CC1. The Bertz CT molecular complexity index is 397. The molecule has 1 aliphatic rings. The van der Waals surface area contributed by atoms with Gasteiger partial charge in [-0.25, -0.2) is 4.98 Å². The Balaban J connectivity index is 2.10. The summed E-state index contributed by atoms with van der Waals surface area (Å²) in [5.41, 5.74) is -0.493. The molecule has 0 bridgehead atoms. The first-order valence-corrected chi connectivity index (χ1v) is 5.73. The number of alkyl halides is 3. The molecule has 1 saturated carbocycles. The third-order valence-electron chi connectivity index (χ3n) is 3.45. The second-order valence-electron chi connectivity index (χ2n) is 4.60. The van der Waals surface area contributed by atoms with E-state index in [4.69, 9.17) is 0 Å². The summed E-state index contributed by atoms with van der Waals surface area (Å²) < 4.78 is 38.1. The summed E-state index contributed by atoms with van der Waals surface area (Å²) in [6.07, 6.45) is 0.201.